The van der Waals surface area contributed by atoms with Crippen molar-refractivity contribution in [3.8, 4) is 0 Å². The van der Waals surface area contributed by atoms with Gasteiger partial charge in [-0.2, -0.15) is 0 Å². The normalized spacial score (nSPS) is 11.9. The highest BCUT2D eigenvalue weighted by Crippen LogP contribution is 2.31. The first-order chi connectivity index (χ1) is 13.3. The van der Waals surface area contributed by atoms with E-state index in [0.29, 0.717) is 15.3 Å². The fourth-order valence-corrected chi connectivity index (χ4v) is 4.51. The molecule has 4 aromatic rings. The number of ether oxygens (including phenoxy) is 1. The summed E-state index contributed by atoms with van der Waals surface area (Å²) in [7, 11) is 0.631. The zero-order chi connectivity index (χ0) is 18.6. The molecule has 27 heavy (non-hydrogen) atoms. The van der Waals surface area contributed by atoms with Crippen molar-refractivity contribution in [2.24, 2.45) is 0 Å². The Bertz CT molecular complexity index is 1070. The standard InChI is InChI=1S/C21H21BrN3OP/c1-27-25-20(8-5-11-26-14-15-6-3-2-4-7-15)24-19-13-23-18-12-16(22)9-10-17(18)21(19)25/h2-4,6-7,9-10,12-13,27H,5,8,11,14H2,1H3. The third-order valence-corrected chi connectivity index (χ3v) is 5.96. The third-order valence-electron chi connectivity index (χ3n) is 4.54. The molecule has 1 atom stereocenters. The zero-order valence-electron chi connectivity index (χ0n) is 15.2. The summed E-state index contributed by atoms with van der Waals surface area (Å²) in [5.41, 5.74) is 4.37. The van der Waals surface area contributed by atoms with Crippen molar-refractivity contribution >= 4 is 46.6 Å². The maximum Gasteiger partial charge on any atom is 0.113 e. The van der Waals surface area contributed by atoms with Gasteiger partial charge in [0.25, 0.3) is 0 Å². The summed E-state index contributed by atoms with van der Waals surface area (Å²) in [6.45, 7) is 3.59. The van der Waals surface area contributed by atoms with Gasteiger partial charge in [-0.25, -0.2) is 4.98 Å². The zero-order valence-corrected chi connectivity index (χ0v) is 17.7. The highest BCUT2D eigenvalue weighted by atomic mass is 79.9. The Balaban J connectivity index is 1.49. The molecule has 6 heteroatoms. The van der Waals surface area contributed by atoms with Gasteiger partial charge in [-0.1, -0.05) is 46.3 Å². The van der Waals surface area contributed by atoms with Crippen molar-refractivity contribution in [3.05, 3.63) is 70.6 Å². The minimum Gasteiger partial charge on any atom is -0.377 e. The topological polar surface area (TPSA) is 39.9 Å². The summed E-state index contributed by atoms with van der Waals surface area (Å²) in [6, 6.07) is 16.5. The number of nitrogens with zero attached hydrogens (tertiary/aromatic N) is 3. The average Bonchev–Trinajstić information content (AvgIpc) is 3.06. The maximum atomic E-state index is 5.82. The molecule has 0 aliphatic rings. The van der Waals surface area contributed by atoms with Crippen LogP contribution in [0.2, 0.25) is 0 Å². The van der Waals surface area contributed by atoms with Gasteiger partial charge in [-0.3, -0.25) is 4.98 Å². The van der Waals surface area contributed by atoms with Crippen molar-refractivity contribution in [1.82, 2.24) is 14.3 Å². The summed E-state index contributed by atoms with van der Waals surface area (Å²) in [6.07, 6.45) is 3.75. The molecule has 138 valence electrons. The Morgan fingerprint density at radius 2 is 1.96 bits per heavy atom. The molecule has 0 radical (unpaired) electrons. The van der Waals surface area contributed by atoms with Crippen LogP contribution in [-0.4, -0.2) is 27.6 Å². The molecule has 4 nitrogen and oxygen atoms in total. The van der Waals surface area contributed by atoms with Crippen LogP contribution in [0.15, 0.2) is 59.2 Å². The average molecular weight is 442 g/mol. The summed E-state index contributed by atoms with van der Waals surface area (Å²) in [5, 5.41) is 1.16. The molecule has 0 saturated heterocycles. The van der Waals surface area contributed by atoms with Gasteiger partial charge < -0.3 is 9.07 Å². The Labute approximate surface area is 168 Å². The minimum atomic E-state index is 0.631. The lowest BCUT2D eigenvalue weighted by atomic mass is 10.2. The molecule has 0 aliphatic heterocycles. The monoisotopic (exact) mass is 441 g/mol. The number of rotatable bonds is 7. The third kappa shape index (κ3) is 4.06. The molecule has 0 N–H and O–H groups in total. The van der Waals surface area contributed by atoms with E-state index in [1.807, 2.05) is 24.4 Å². The number of benzene rings is 2. The summed E-state index contributed by atoms with van der Waals surface area (Å²) in [5.74, 6) is 1.12. The van der Waals surface area contributed by atoms with E-state index in [1.54, 1.807) is 0 Å². The van der Waals surface area contributed by atoms with Crippen molar-refractivity contribution in [2.75, 3.05) is 13.3 Å². The Morgan fingerprint density at radius 3 is 2.78 bits per heavy atom. The van der Waals surface area contributed by atoms with Crippen LogP contribution < -0.4 is 0 Å². The van der Waals surface area contributed by atoms with Crippen LogP contribution in [0, 0.1) is 0 Å². The molecule has 0 amide bonds. The predicted molar refractivity (Wildman–Crippen MR) is 117 cm³/mol. The summed E-state index contributed by atoms with van der Waals surface area (Å²) < 4.78 is 9.20. The number of fused-ring (bicyclic) bond motifs is 3. The second-order valence-corrected chi connectivity index (χ2v) is 8.19. The lowest BCUT2D eigenvalue weighted by Crippen LogP contribution is -2.01. The van der Waals surface area contributed by atoms with E-state index in [4.69, 9.17) is 9.72 Å². The van der Waals surface area contributed by atoms with Crippen LogP contribution in [0.1, 0.15) is 17.8 Å². The van der Waals surface area contributed by atoms with Crippen LogP contribution in [0.25, 0.3) is 21.9 Å². The van der Waals surface area contributed by atoms with Crippen LogP contribution >= 0.6 is 24.7 Å². The second kappa shape index (κ2) is 8.47. The lowest BCUT2D eigenvalue weighted by Gasteiger charge is -2.08. The van der Waals surface area contributed by atoms with E-state index in [0.717, 1.165) is 46.2 Å². The smallest absolute Gasteiger partial charge is 0.113 e. The number of aryl methyl sites for hydroxylation is 1. The van der Waals surface area contributed by atoms with E-state index >= 15 is 0 Å². The molecule has 1 unspecified atom stereocenters. The van der Waals surface area contributed by atoms with Crippen LogP contribution in [0.4, 0.5) is 0 Å². The van der Waals surface area contributed by atoms with Crippen LogP contribution in [0.3, 0.4) is 0 Å². The predicted octanol–water partition coefficient (Wildman–Crippen LogP) is 5.57. The first kappa shape index (κ1) is 18.5. The van der Waals surface area contributed by atoms with E-state index in [9.17, 15) is 0 Å². The van der Waals surface area contributed by atoms with Gasteiger partial charge in [-0.05, 0) is 45.6 Å². The molecule has 0 fully saturated rings. The van der Waals surface area contributed by atoms with Crippen LogP contribution in [0.5, 0.6) is 0 Å². The molecular weight excluding hydrogens is 421 g/mol. The number of imidazole rings is 1. The van der Waals surface area contributed by atoms with E-state index in [2.05, 4.69) is 62.2 Å². The van der Waals surface area contributed by atoms with E-state index in [-0.39, 0.29) is 0 Å². The first-order valence-electron chi connectivity index (χ1n) is 9.01. The minimum absolute atomic E-state index is 0.631. The largest absolute Gasteiger partial charge is 0.377 e. The Hall–Kier alpha value is -1.81. The van der Waals surface area contributed by atoms with Crippen molar-refractivity contribution in [2.45, 2.75) is 19.4 Å². The molecule has 2 aromatic carbocycles. The van der Waals surface area contributed by atoms with Gasteiger partial charge in [0.1, 0.15) is 11.3 Å². The summed E-state index contributed by atoms with van der Waals surface area (Å²) >= 11 is 3.53. The number of halogens is 1. The van der Waals surface area contributed by atoms with E-state index in [1.165, 1.54) is 11.1 Å². The fourth-order valence-electron chi connectivity index (χ4n) is 3.28. The molecule has 2 heterocycles. The van der Waals surface area contributed by atoms with Gasteiger partial charge in [-0.15, -0.1) is 0 Å². The van der Waals surface area contributed by atoms with Crippen LogP contribution in [-0.2, 0) is 17.8 Å². The van der Waals surface area contributed by atoms with Gasteiger partial charge in [0.15, 0.2) is 0 Å². The number of hydrogen-bond donors (Lipinski definition) is 0. The van der Waals surface area contributed by atoms with Gasteiger partial charge >= 0.3 is 0 Å². The molecule has 2 aromatic heterocycles. The maximum absolute atomic E-state index is 5.82. The quantitative estimate of drug-likeness (QED) is 0.278. The molecular formula is C21H21BrN3OP. The molecule has 0 spiro atoms. The van der Waals surface area contributed by atoms with Gasteiger partial charge in [0.05, 0.1) is 23.8 Å². The van der Waals surface area contributed by atoms with Crippen molar-refractivity contribution in [3.63, 3.8) is 0 Å². The lowest BCUT2D eigenvalue weighted by molar-refractivity contribution is 0.118. The Kier molecular flexibility index (Phi) is 5.82. The SMILES string of the molecule is CPn1c(CCCOCc2ccccc2)nc2cnc3cc(Br)ccc3c21. The second-order valence-electron chi connectivity index (χ2n) is 6.38. The highest BCUT2D eigenvalue weighted by molar-refractivity contribution is 9.10. The van der Waals surface area contributed by atoms with Gasteiger partial charge in [0, 0.05) is 22.9 Å². The first-order valence-corrected chi connectivity index (χ1v) is 11.3. The molecule has 0 bridgehead atoms. The van der Waals surface area contributed by atoms with Crippen molar-refractivity contribution in [1.29, 1.82) is 0 Å². The fraction of sp³-hybridized carbons (Fsp3) is 0.238. The van der Waals surface area contributed by atoms with E-state index < -0.39 is 0 Å². The number of pyridine rings is 1. The molecule has 4 rings (SSSR count). The highest BCUT2D eigenvalue weighted by Gasteiger charge is 2.13. The Morgan fingerprint density at radius 1 is 1.11 bits per heavy atom. The molecule has 0 saturated carbocycles. The van der Waals surface area contributed by atoms with Crippen molar-refractivity contribution < 1.29 is 4.74 Å². The number of aromatic nitrogens is 3. The molecule has 0 aliphatic carbocycles. The number of hydrogen-bond acceptors (Lipinski definition) is 3. The van der Waals surface area contributed by atoms with Gasteiger partial charge in [0.2, 0.25) is 0 Å². The summed E-state index contributed by atoms with van der Waals surface area (Å²) in [4.78, 5) is 9.43.